The largest absolute Gasteiger partial charge is 0.310 e. The predicted octanol–water partition coefficient (Wildman–Crippen LogP) is 6.80. The molecule has 0 aromatic heterocycles. The molecule has 0 aliphatic heterocycles. The predicted molar refractivity (Wildman–Crippen MR) is 106 cm³/mol. The Labute approximate surface area is 147 Å². The van der Waals surface area contributed by atoms with Crippen LogP contribution in [0.25, 0.3) is 22.3 Å². The molecular formula is C24H17N. The van der Waals surface area contributed by atoms with E-state index >= 15 is 0 Å². The standard InChI is InChI=1S/C24H17N/c1-3-9-18(10-4-1)25(19-11-5-2-6-12-19)20-15-16-23-21-13-7-8-14-22(21)24(23)17-20/h1-17H. The van der Waals surface area contributed by atoms with Gasteiger partial charge in [-0.25, -0.2) is 0 Å². The molecule has 0 saturated heterocycles. The van der Waals surface area contributed by atoms with E-state index in [1.165, 1.54) is 39.3 Å². The number of hydrogen-bond acceptors (Lipinski definition) is 1. The molecule has 118 valence electrons. The van der Waals surface area contributed by atoms with Gasteiger partial charge in [-0.3, -0.25) is 0 Å². The second-order valence-corrected chi connectivity index (χ2v) is 6.28. The first-order valence-electron chi connectivity index (χ1n) is 8.56. The Hall–Kier alpha value is -3.32. The van der Waals surface area contributed by atoms with Crippen LogP contribution < -0.4 is 4.90 Å². The van der Waals surface area contributed by atoms with Gasteiger partial charge in [0.05, 0.1) is 0 Å². The van der Waals surface area contributed by atoms with E-state index in [0.29, 0.717) is 0 Å². The van der Waals surface area contributed by atoms with Crippen LogP contribution in [0.1, 0.15) is 0 Å². The Morgan fingerprint density at radius 1 is 0.360 bits per heavy atom. The lowest BCUT2D eigenvalue weighted by Gasteiger charge is -2.29. The van der Waals surface area contributed by atoms with Crippen LogP contribution in [0.3, 0.4) is 0 Å². The first kappa shape index (κ1) is 14.1. The summed E-state index contributed by atoms with van der Waals surface area (Å²) in [7, 11) is 0. The van der Waals surface area contributed by atoms with Gasteiger partial charge in [0.1, 0.15) is 0 Å². The Bertz CT molecular complexity index is 996. The molecule has 25 heavy (non-hydrogen) atoms. The van der Waals surface area contributed by atoms with Crippen molar-refractivity contribution in [2.24, 2.45) is 0 Å². The van der Waals surface area contributed by atoms with Gasteiger partial charge in [-0.05, 0) is 58.7 Å². The summed E-state index contributed by atoms with van der Waals surface area (Å²) in [6.45, 7) is 0. The summed E-state index contributed by atoms with van der Waals surface area (Å²) >= 11 is 0. The molecule has 0 heterocycles. The van der Waals surface area contributed by atoms with Gasteiger partial charge < -0.3 is 4.90 Å². The minimum absolute atomic E-state index is 1.17. The fourth-order valence-electron chi connectivity index (χ4n) is 3.62. The third-order valence-electron chi connectivity index (χ3n) is 4.80. The SMILES string of the molecule is c1ccc(N(c2ccccc2)c2ccc3c(c2)-c2ccccc2-3)cc1. The van der Waals surface area contributed by atoms with E-state index in [9.17, 15) is 0 Å². The summed E-state index contributed by atoms with van der Waals surface area (Å²) in [4.78, 5) is 2.31. The number of nitrogens with zero attached hydrogens (tertiary/aromatic N) is 1. The zero-order valence-corrected chi connectivity index (χ0v) is 13.8. The molecule has 4 aromatic rings. The normalized spacial score (nSPS) is 11.2. The van der Waals surface area contributed by atoms with E-state index in [2.05, 4.69) is 108 Å². The van der Waals surface area contributed by atoms with Crippen molar-refractivity contribution in [3.05, 3.63) is 103 Å². The topological polar surface area (TPSA) is 3.24 Å². The Morgan fingerprint density at radius 2 is 0.840 bits per heavy atom. The minimum atomic E-state index is 1.17. The molecule has 4 aromatic carbocycles. The third kappa shape index (κ3) is 2.25. The number of hydrogen-bond donors (Lipinski definition) is 0. The number of rotatable bonds is 3. The molecular weight excluding hydrogens is 302 g/mol. The Morgan fingerprint density at radius 3 is 1.44 bits per heavy atom. The summed E-state index contributed by atoms with van der Waals surface area (Å²) in [5.74, 6) is 0. The molecule has 0 unspecified atom stereocenters. The molecule has 0 fully saturated rings. The van der Waals surface area contributed by atoms with Crippen molar-refractivity contribution >= 4 is 17.1 Å². The zero-order valence-electron chi connectivity index (χ0n) is 13.8. The van der Waals surface area contributed by atoms with Crippen LogP contribution in [-0.2, 0) is 0 Å². The quantitative estimate of drug-likeness (QED) is 0.353. The molecule has 1 nitrogen and oxygen atoms in total. The van der Waals surface area contributed by atoms with Gasteiger partial charge in [-0.2, -0.15) is 0 Å². The summed E-state index contributed by atoms with van der Waals surface area (Å²) in [6, 6.07) is 36.4. The van der Waals surface area contributed by atoms with Crippen LogP contribution in [0.15, 0.2) is 103 Å². The molecule has 0 amide bonds. The lowest BCUT2D eigenvalue weighted by atomic mass is 9.80. The fraction of sp³-hybridized carbons (Fsp3) is 0. The number of benzene rings is 4. The fourth-order valence-corrected chi connectivity index (χ4v) is 3.62. The monoisotopic (exact) mass is 319 g/mol. The summed E-state index contributed by atoms with van der Waals surface area (Å²) < 4.78 is 0. The molecule has 0 N–H and O–H groups in total. The summed E-state index contributed by atoms with van der Waals surface area (Å²) in [5, 5.41) is 0. The van der Waals surface area contributed by atoms with Crippen molar-refractivity contribution in [2.45, 2.75) is 0 Å². The molecule has 0 saturated carbocycles. The van der Waals surface area contributed by atoms with Gasteiger partial charge in [-0.15, -0.1) is 0 Å². The first-order valence-corrected chi connectivity index (χ1v) is 8.56. The Kier molecular flexibility index (Phi) is 3.17. The molecule has 0 radical (unpaired) electrons. The van der Waals surface area contributed by atoms with Crippen LogP contribution in [0, 0.1) is 0 Å². The van der Waals surface area contributed by atoms with E-state index in [1.54, 1.807) is 0 Å². The lowest BCUT2D eigenvalue weighted by molar-refractivity contribution is 1.28. The second kappa shape index (κ2) is 5.64. The van der Waals surface area contributed by atoms with Gasteiger partial charge >= 0.3 is 0 Å². The van der Waals surface area contributed by atoms with E-state index in [1.807, 2.05) is 0 Å². The van der Waals surface area contributed by atoms with Gasteiger partial charge in [0.25, 0.3) is 0 Å². The molecule has 0 atom stereocenters. The summed E-state index contributed by atoms with van der Waals surface area (Å²) in [5.41, 5.74) is 8.91. The first-order chi connectivity index (χ1) is 12.4. The Balaban J connectivity index is 1.65. The van der Waals surface area contributed by atoms with Crippen molar-refractivity contribution in [3.63, 3.8) is 0 Å². The minimum Gasteiger partial charge on any atom is -0.310 e. The van der Waals surface area contributed by atoms with Crippen LogP contribution in [0.5, 0.6) is 0 Å². The summed E-state index contributed by atoms with van der Waals surface area (Å²) in [6.07, 6.45) is 0. The molecule has 1 heteroatoms. The van der Waals surface area contributed by atoms with Crippen LogP contribution in [0.2, 0.25) is 0 Å². The molecule has 0 bridgehead atoms. The molecule has 1 aliphatic carbocycles. The van der Waals surface area contributed by atoms with Crippen molar-refractivity contribution in [3.8, 4) is 22.3 Å². The van der Waals surface area contributed by atoms with Crippen LogP contribution in [-0.4, -0.2) is 0 Å². The lowest BCUT2D eigenvalue weighted by Crippen LogP contribution is -2.11. The maximum atomic E-state index is 2.31. The maximum Gasteiger partial charge on any atom is 0.0468 e. The average molecular weight is 319 g/mol. The van der Waals surface area contributed by atoms with Crippen molar-refractivity contribution in [2.75, 3.05) is 4.90 Å². The highest BCUT2D eigenvalue weighted by Gasteiger charge is 2.23. The van der Waals surface area contributed by atoms with Crippen LogP contribution >= 0.6 is 0 Å². The highest BCUT2D eigenvalue weighted by molar-refractivity contribution is 6.03. The number of anilines is 3. The van der Waals surface area contributed by atoms with Crippen molar-refractivity contribution in [1.29, 1.82) is 0 Å². The molecule has 0 spiro atoms. The van der Waals surface area contributed by atoms with Gasteiger partial charge in [0, 0.05) is 17.1 Å². The average Bonchev–Trinajstić information content (AvgIpc) is 2.68. The van der Waals surface area contributed by atoms with Gasteiger partial charge in [0.2, 0.25) is 0 Å². The second-order valence-electron chi connectivity index (χ2n) is 6.28. The number of fused-ring (bicyclic) bond motifs is 4. The van der Waals surface area contributed by atoms with E-state index in [0.717, 1.165) is 0 Å². The molecule has 5 rings (SSSR count). The smallest absolute Gasteiger partial charge is 0.0468 e. The van der Waals surface area contributed by atoms with E-state index < -0.39 is 0 Å². The highest BCUT2D eigenvalue weighted by Crippen LogP contribution is 2.49. The van der Waals surface area contributed by atoms with Crippen molar-refractivity contribution in [1.82, 2.24) is 0 Å². The van der Waals surface area contributed by atoms with Crippen LogP contribution in [0.4, 0.5) is 17.1 Å². The van der Waals surface area contributed by atoms with Gasteiger partial charge in [-0.1, -0.05) is 66.7 Å². The van der Waals surface area contributed by atoms with E-state index in [-0.39, 0.29) is 0 Å². The maximum absolute atomic E-state index is 2.31. The third-order valence-corrected chi connectivity index (χ3v) is 4.80. The highest BCUT2D eigenvalue weighted by atomic mass is 15.1. The van der Waals surface area contributed by atoms with E-state index in [4.69, 9.17) is 0 Å². The zero-order chi connectivity index (χ0) is 16.6. The number of para-hydroxylation sites is 2. The molecule has 1 aliphatic rings. The van der Waals surface area contributed by atoms with Crippen molar-refractivity contribution < 1.29 is 0 Å². The van der Waals surface area contributed by atoms with Gasteiger partial charge in [0.15, 0.2) is 0 Å².